The summed E-state index contributed by atoms with van der Waals surface area (Å²) in [5.41, 5.74) is 0.910. The minimum absolute atomic E-state index is 0.109. The lowest BCUT2D eigenvalue weighted by atomic mass is 10.0. The first kappa shape index (κ1) is 15.1. The molecule has 0 saturated heterocycles. The molecule has 0 heterocycles. The van der Waals surface area contributed by atoms with Crippen LogP contribution in [-0.2, 0) is 15.5 Å². The van der Waals surface area contributed by atoms with E-state index >= 15 is 0 Å². The molecule has 0 saturated carbocycles. The van der Waals surface area contributed by atoms with Crippen LogP contribution in [0.1, 0.15) is 12.5 Å². The van der Waals surface area contributed by atoms with Crippen LogP contribution in [0.25, 0.3) is 11.1 Å². The van der Waals surface area contributed by atoms with E-state index in [1.807, 2.05) is 0 Å². The fraction of sp³-hybridized carbons (Fsp3) is 0.188. The van der Waals surface area contributed by atoms with E-state index < -0.39 is 17.5 Å². The fourth-order valence-corrected chi connectivity index (χ4v) is 1.85. The summed E-state index contributed by atoms with van der Waals surface area (Å²) in [6.45, 7) is 1.35. The molecular weight excluding hydrogens is 281 g/mol. The van der Waals surface area contributed by atoms with Gasteiger partial charge < -0.3 is 4.74 Å². The van der Waals surface area contributed by atoms with Gasteiger partial charge in [0.25, 0.3) is 0 Å². The molecule has 0 aliphatic carbocycles. The fourth-order valence-electron chi connectivity index (χ4n) is 1.85. The number of hydrogen-bond donors (Lipinski definition) is 0. The molecule has 0 fully saturated rings. The van der Waals surface area contributed by atoms with E-state index in [9.17, 15) is 18.0 Å². The number of halogens is 3. The quantitative estimate of drug-likeness (QED) is 0.792. The maximum absolute atomic E-state index is 13.8. The van der Waals surface area contributed by atoms with Gasteiger partial charge >= 0.3 is 11.9 Å². The Kier molecular flexibility index (Phi) is 4.31. The topological polar surface area (TPSA) is 26.3 Å². The number of carbonyl (C=O) groups is 1. The van der Waals surface area contributed by atoms with Crippen LogP contribution in [-0.4, -0.2) is 12.6 Å². The highest BCUT2D eigenvalue weighted by Crippen LogP contribution is 2.31. The highest BCUT2D eigenvalue weighted by Gasteiger charge is 2.42. The Bertz CT molecular complexity index is 619. The Morgan fingerprint density at radius 2 is 1.48 bits per heavy atom. The molecule has 0 bridgehead atoms. The maximum Gasteiger partial charge on any atom is 0.381 e. The van der Waals surface area contributed by atoms with Crippen molar-refractivity contribution in [2.75, 3.05) is 6.61 Å². The van der Waals surface area contributed by atoms with Gasteiger partial charge in [-0.15, -0.1) is 0 Å². The zero-order valence-corrected chi connectivity index (χ0v) is 11.3. The van der Waals surface area contributed by atoms with E-state index in [2.05, 4.69) is 4.74 Å². The molecule has 0 aliphatic rings. The van der Waals surface area contributed by atoms with E-state index in [4.69, 9.17) is 0 Å². The average molecular weight is 294 g/mol. The van der Waals surface area contributed by atoms with Crippen LogP contribution in [0.2, 0.25) is 0 Å². The van der Waals surface area contributed by atoms with Gasteiger partial charge in [-0.05, 0) is 30.2 Å². The molecule has 0 radical (unpaired) electrons. The van der Waals surface area contributed by atoms with Crippen LogP contribution < -0.4 is 0 Å². The first-order chi connectivity index (χ1) is 9.95. The van der Waals surface area contributed by atoms with Gasteiger partial charge in [-0.1, -0.05) is 36.4 Å². The number of rotatable bonds is 4. The summed E-state index contributed by atoms with van der Waals surface area (Å²) in [6, 6.07) is 10.9. The van der Waals surface area contributed by atoms with Crippen LogP contribution in [0, 0.1) is 5.82 Å². The number of hydrogen-bond acceptors (Lipinski definition) is 2. The molecule has 0 amide bonds. The highest BCUT2D eigenvalue weighted by molar-refractivity contribution is 5.79. The zero-order valence-electron chi connectivity index (χ0n) is 11.3. The lowest BCUT2D eigenvalue weighted by molar-refractivity contribution is -0.173. The largest absolute Gasteiger partial charge is 0.461 e. The van der Waals surface area contributed by atoms with Gasteiger partial charge in [0.1, 0.15) is 5.82 Å². The van der Waals surface area contributed by atoms with Gasteiger partial charge in [0, 0.05) is 5.56 Å². The van der Waals surface area contributed by atoms with Crippen LogP contribution in [0.15, 0.2) is 48.5 Å². The standard InChI is InChI=1S/C16H13F3O2/c1-2-21-15(20)16(18,19)13-7-3-11(4-8-13)12-5-9-14(17)10-6-12/h3-10H,2H2,1H3. The van der Waals surface area contributed by atoms with Crippen molar-refractivity contribution < 1.29 is 22.7 Å². The minimum Gasteiger partial charge on any atom is -0.461 e. The molecule has 5 heteroatoms. The van der Waals surface area contributed by atoms with Gasteiger partial charge in [-0.3, -0.25) is 0 Å². The minimum atomic E-state index is -3.68. The second kappa shape index (κ2) is 5.99. The number of esters is 1. The van der Waals surface area contributed by atoms with Crippen molar-refractivity contribution in [3.8, 4) is 11.1 Å². The molecule has 2 aromatic rings. The predicted molar refractivity (Wildman–Crippen MR) is 72.4 cm³/mol. The summed E-state index contributed by atoms with van der Waals surface area (Å²) >= 11 is 0. The lowest BCUT2D eigenvalue weighted by Crippen LogP contribution is -2.28. The Morgan fingerprint density at radius 1 is 1.00 bits per heavy atom. The predicted octanol–water partition coefficient (Wildman–Crippen LogP) is 4.15. The van der Waals surface area contributed by atoms with Crippen LogP contribution in [0.4, 0.5) is 13.2 Å². The maximum atomic E-state index is 13.8. The van der Waals surface area contributed by atoms with Crippen molar-refractivity contribution >= 4 is 5.97 Å². The van der Waals surface area contributed by atoms with Gasteiger partial charge in [-0.2, -0.15) is 8.78 Å². The number of benzene rings is 2. The summed E-state index contributed by atoms with van der Waals surface area (Å²) in [7, 11) is 0. The molecule has 0 spiro atoms. The normalized spacial score (nSPS) is 11.2. The molecule has 110 valence electrons. The Morgan fingerprint density at radius 3 is 1.95 bits per heavy atom. The van der Waals surface area contributed by atoms with Gasteiger partial charge in [-0.25, -0.2) is 9.18 Å². The summed E-state index contributed by atoms with van der Waals surface area (Å²) in [6.07, 6.45) is 0. The molecule has 2 aromatic carbocycles. The summed E-state index contributed by atoms with van der Waals surface area (Å²) in [4.78, 5) is 11.2. The van der Waals surface area contributed by atoms with E-state index in [0.29, 0.717) is 11.1 Å². The highest BCUT2D eigenvalue weighted by atomic mass is 19.3. The lowest BCUT2D eigenvalue weighted by Gasteiger charge is -2.15. The molecule has 0 aromatic heterocycles. The third-order valence-electron chi connectivity index (χ3n) is 2.96. The molecule has 2 nitrogen and oxygen atoms in total. The third-order valence-corrected chi connectivity index (χ3v) is 2.96. The van der Waals surface area contributed by atoms with Crippen LogP contribution in [0.5, 0.6) is 0 Å². The number of carbonyl (C=O) groups excluding carboxylic acids is 1. The van der Waals surface area contributed by atoms with Gasteiger partial charge in [0.15, 0.2) is 0 Å². The SMILES string of the molecule is CCOC(=O)C(F)(F)c1ccc(-c2ccc(F)cc2)cc1. The van der Waals surface area contributed by atoms with Gasteiger partial charge in [0.2, 0.25) is 0 Å². The Labute approximate surface area is 120 Å². The van der Waals surface area contributed by atoms with E-state index in [1.54, 1.807) is 12.1 Å². The molecule has 0 unspecified atom stereocenters. The molecule has 0 N–H and O–H groups in total. The Balaban J connectivity index is 2.26. The van der Waals surface area contributed by atoms with Crippen molar-refractivity contribution in [1.82, 2.24) is 0 Å². The monoisotopic (exact) mass is 294 g/mol. The van der Waals surface area contributed by atoms with Crippen molar-refractivity contribution in [1.29, 1.82) is 0 Å². The Hall–Kier alpha value is -2.30. The average Bonchev–Trinajstić information content (AvgIpc) is 2.48. The van der Waals surface area contributed by atoms with Crippen molar-refractivity contribution in [2.24, 2.45) is 0 Å². The molecule has 0 aliphatic heterocycles. The first-order valence-corrected chi connectivity index (χ1v) is 6.36. The van der Waals surface area contributed by atoms with Crippen molar-refractivity contribution in [3.63, 3.8) is 0 Å². The molecule has 21 heavy (non-hydrogen) atoms. The summed E-state index contributed by atoms with van der Waals surface area (Å²) < 4.78 is 44.8. The number of alkyl halides is 2. The van der Waals surface area contributed by atoms with E-state index in [0.717, 1.165) is 12.1 Å². The number of ether oxygens (including phenoxy) is 1. The van der Waals surface area contributed by atoms with E-state index in [-0.39, 0.29) is 12.4 Å². The van der Waals surface area contributed by atoms with Crippen molar-refractivity contribution in [3.05, 3.63) is 59.9 Å². The summed E-state index contributed by atoms with van der Waals surface area (Å²) in [5.74, 6) is -5.62. The molecule has 0 atom stereocenters. The first-order valence-electron chi connectivity index (χ1n) is 6.36. The van der Waals surface area contributed by atoms with Gasteiger partial charge in [0.05, 0.1) is 6.61 Å². The molecular formula is C16H13F3O2. The van der Waals surface area contributed by atoms with E-state index in [1.165, 1.54) is 31.2 Å². The smallest absolute Gasteiger partial charge is 0.381 e. The molecule has 2 rings (SSSR count). The summed E-state index contributed by atoms with van der Waals surface area (Å²) in [5, 5.41) is 0. The second-order valence-corrected chi connectivity index (χ2v) is 4.38. The van der Waals surface area contributed by atoms with Crippen molar-refractivity contribution in [2.45, 2.75) is 12.8 Å². The third kappa shape index (κ3) is 3.24. The second-order valence-electron chi connectivity index (χ2n) is 4.38. The zero-order chi connectivity index (χ0) is 15.5. The van der Waals surface area contributed by atoms with Crippen LogP contribution >= 0.6 is 0 Å². The van der Waals surface area contributed by atoms with Crippen LogP contribution in [0.3, 0.4) is 0 Å².